The van der Waals surface area contributed by atoms with Gasteiger partial charge >= 0.3 is 0 Å². The summed E-state index contributed by atoms with van der Waals surface area (Å²) < 4.78 is 28.3. The molecule has 17 heavy (non-hydrogen) atoms. The molecule has 1 N–H and O–H groups in total. The largest absolute Gasteiger partial charge is 0.314 e. The molecule has 0 saturated heterocycles. The highest BCUT2D eigenvalue weighted by Gasteiger charge is 2.11. The molecule has 0 radical (unpaired) electrons. The van der Waals surface area contributed by atoms with E-state index in [9.17, 15) is 8.78 Å². The molecule has 3 nitrogen and oxygen atoms in total. The zero-order chi connectivity index (χ0) is 12.4. The number of nitrogens with one attached hydrogen (secondary N) is 1. The van der Waals surface area contributed by atoms with Crippen LogP contribution >= 0.6 is 0 Å². The van der Waals surface area contributed by atoms with Gasteiger partial charge in [-0.15, -0.1) is 0 Å². The Bertz CT molecular complexity index is 535. The Hall–Kier alpha value is -1.75. The molecule has 0 amide bonds. The van der Waals surface area contributed by atoms with Crippen LogP contribution in [0.3, 0.4) is 0 Å². The number of nitrogens with zero attached hydrogens (tertiary/aromatic N) is 2. The lowest BCUT2D eigenvalue weighted by atomic mass is 10.1. The molecule has 5 heteroatoms. The molecule has 1 heterocycles. The van der Waals surface area contributed by atoms with E-state index in [4.69, 9.17) is 0 Å². The lowest BCUT2D eigenvalue weighted by molar-refractivity contribution is 0.602. The van der Waals surface area contributed by atoms with Gasteiger partial charge in [0.25, 0.3) is 0 Å². The van der Waals surface area contributed by atoms with Gasteiger partial charge in [0.1, 0.15) is 11.6 Å². The minimum atomic E-state index is -0.472. The van der Waals surface area contributed by atoms with Gasteiger partial charge in [0.05, 0.1) is 11.4 Å². The number of rotatable bonds is 3. The maximum atomic E-state index is 13.6. The smallest absolute Gasteiger partial charge is 0.132 e. The van der Waals surface area contributed by atoms with Gasteiger partial charge in [0.2, 0.25) is 0 Å². The SMILES string of the molecule is CNCc1cc(-c2cc(F)ccc2F)nn1C. The molecule has 90 valence electrons. The summed E-state index contributed by atoms with van der Waals surface area (Å²) >= 11 is 0. The molecule has 0 atom stereocenters. The summed E-state index contributed by atoms with van der Waals surface area (Å²) in [5.41, 5.74) is 1.53. The third-order valence-corrected chi connectivity index (χ3v) is 2.54. The van der Waals surface area contributed by atoms with Crippen molar-refractivity contribution in [3.05, 3.63) is 41.6 Å². The van der Waals surface area contributed by atoms with Crippen molar-refractivity contribution < 1.29 is 8.78 Å². The first-order valence-electron chi connectivity index (χ1n) is 5.24. The van der Waals surface area contributed by atoms with Crippen LogP contribution < -0.4 is 5.32 Å². The zero-order valence-corrected chi connectivity index (χ0v) is 9.67. The molecule has 1 aromatic carbocycles. The number of aromatic nitrogens is 2. The molecule has 0 aliphatic rings. The highest BCUT2D eigenvalue weighted by molar-refractivity contribution is 5.60. The number of benzene rings is 1. The first-order valence-corrected chi connectivity index (χ1v) is 5.24. The fraction of sp³-hybridized carbons (Fsp3) is 0.250. The van der Waals surface area contributed by atoms with Crippen molar-refractivity contribution in [2.24, 2.45) is 7.05 Å². The molecule has 0 unspecified atom stereocenters. The first kappa shape index (κ1) is 11.7. The third kappa shape index (κ3) is 2.34. The molecule has 0 aliphatic carbocycles. The maximum Gasteiger partial charge on any atom is 0.132 e. The van der Waals surface area contributed by atoms with E-state index in [1.807, 2.05) is 7.05 Å². The predicted octanol–water partition coefficient (Wildman–Crippen LogP) is 2.08. The van der Waals surface area contributed by atoms with E-state index >= 15 is 0 Å². The van der Waals surface area contributed by atoms with E-state index in [0.29, 0.717) is 12.2 Å². The molecule has 0 bridgehead atoms. The number of halogens is 2. The second-order valence-corrected chi connectivity index (χ2v) is 3.80. The molecular formula is C12H13F2N3. The van der Waals surface area contributed by atoms with Gasteiger partial charge in [0, 0.05) is 19.2 Å². The van der Waals surface area contributed by atoms with Gasteiger partial charge in [-0.2, -0.15) is 5.10 Å². The summed E-state index contributed by atoms with van der Waals surface area (Å²) in [6, 6.07) is 5.10. The predicted molar refractivity (Wildman–Crippen MR) is 61.3 cm³/mol. The third-order valence-electron chi connectivity index (χ3n) is 2.54. The van der Waals surface area contributed by atoms with E-state index in [1.165, 1.54) is 0 Å². The Morgan fingerprint density at radius 3 is 2.76 bits per heavy atom. The number of hydrogen-bond donors (Lipinski definition) is 1. The number of hydrogen-bond acceptors (Lipinski definition) is 2. The van der Waals surface area contributed by atoms with Gasteiger partial charge in [-0.25, -0.2) is 8.78 Å². The van der Waals surface area contributed by atoms with Gasteiger partial charge in [-0.1, -0.05) is 0 Å². The lowest BCUT2D eigenvalue weighted by Gasteiger charge is -1.98. The molecule has 2 aromatic rings. The summed E-state index contributed by atoms with van der Waals surface area (Å²) in [4.78, 5) is 0. The monoisotopic (exact) mass is 237 g/mol. The van der Waals surface area contributed by atoms with E-state index in [1.54, 1.807) is 17.8 Å². The van der Waals surface area contributed by atoms with E-state index in [-0.39, 0.29) is 5.56 Å². The summed E-state index contributed by atoms with van der Waals surface area (Å²) in [6.45, 7) is 0.625. The van der Waals surface area contributed by atoms with Crippen LogP contribution in [-0.4, -0.2) is 16.8 Å². The van der Waals surface area contributed by atoms with Crippen LogP contribution in [0.5, 0.6) is 0 Å². The Morgan fingerprint density at radius 1 is 1.29 bits per heavy atom. The topological polar surface area (TPSA) is 29.9 Å². The van der Waals surface area contributed by atoms with Gasteiger partial charge in [-0.05, 0) is 31.3 Å². The Labute approximate surface area is 98.1 Å². The number of aryl methyl sites for hydroxylation is 1. The fourth-order valence-electron chi connectivity index (χ4n) is 1.68. The van der Waals surface area contributed by atoms with E-state index in [0.717, 1.165) is 23.9 Å². The van der Waals surface area contributed by atoms with Crippen LogP contribution in [0.1, 0.15) is 5.69 Å². The van der Waals surface area contributed by atoms with E-state index in [2.05, 4.69) is 10.4 Å². The van der Waals surface area contributed by atoms with Gasteiger partial charge in [0.15, 0.2) is 0 Å². The standard InChI is InChI=1S/C12H13F2N3/c1-15-7-9-6-12(16-17(9)2)10-5-8(13)3-4-11(10)14/h3-6,15H,7H2,1-2H3. The highest BCUT2D eigenvalue weighted by Crippen LogP contribution is 2.23. The normalized spacial score (nSPS) is 10.8. The Balaban J connectivity index is 2.45. The summed E-state index contributed by atoms with van der Waals surface area (Å²) in [6.07, 6.45) is 0. The summed E-state index contributed by atoms with van der Waals surface area (Å²) in [7, 11) is 3.59. The summed E-state index contributed by atoms with van der Waals surface area (Å²) in [5, 5.41) is 7.16. The van der Waals surface area contributed by atoms with Crippen molar-refractivity contribution in [2.45, 2.75) is 6.54 Å². The zero-order valence-electron chi connectivity index (χ0n) is 9.67. The Kier molecular flexibility index (Phi) is 3.19. The first-order chi connectivity index (χ1) is 8.11. The Morgan fingerprint density at radius 2 is 2.06 bits per heavy atom. The minimum Gasteiger partial charge on any atom is -0.314 e. The van der Waals surface area contributed by atoms with Crippen molar-refractivity contribution in [3.63, 3.8) is 0 Å². The average molecular weight is 237 g/mol. The summed E-state index contributed by atoms with van der Waals surface area (Å²) in [5.74, 6) is -0.942. The fourth-order valence-corrected chi connectivity index (χ4v) is 1.68. The van der Waals surface area contributed by atoms with Crippen LogP contribution in [0, 0.1) is 11.6 Å². The molecule has 0 saturated carbocycles. The molecule has 2 rings (SSSR count). The van der Waals surface area contributed by atoms with Gasteiger partial charge < -0.3 is 5.32 Å². The van der Waals surface area contributed by atoms with Crippen LogP contribution in [0.25, 0.3) is 11.3 Å². The van der Waals surface area contributed by atoms with Crippen molar-refractivity contribution >= 4 is 0 Å². The van der Waals surface area contributed by atoms with E-state index < -0.39 is 11.6 Å². The molecule has 1 aromatic heterocycles. The van der Waals surface area contributed by atoms with Crippen molar-refractivity contribution in [1.82, 2.24) is 15.1 Å². The van der Waals surface area contributed by atoms with Crippen LogP contribution in [0.15, 0.2) is 24.3 Å². The van der Waals surface area contributed by atoms with Crippen LogP contribution in [-0.2, 0) is 13.6 Å². The van der Waals surface area contributed by atoms with Crippen molar-refractivity contribution in [3.8, 4) is 11.3 Å². The molecule has 0 aliphatic heterocycles. The maximum absolute atomic E-state index is 13.6. The van der Waals surface area contributed by atoms with Crippen molar-refractivity contribution in [2.75, 3.05) is 7.05 Å². The van der Waals surface area contributed by atoms with Crippen molar-refractivity contribution in [1.29, 1.82) is 0 Å². The molecule has 0 spiro atoms. The quantitative estimate of drug-likeness (QED) is 0.885. The minimum absolute atomic E-state index is 0.183. The average Bonchev–Trinajstić information content (AvgIpc) is 2.64. The molecular weight excluding hydrogens is 224 g/mol. The van der Waals surface area contributed by atoms with Crippen LogP contribution in [0.4, 0.5) is 8.78 Å². The van der Waals surface area contributed by atoms with Gasteiger partial charge in [-0.3, -0.25) is 4.68 Å². The lowest BCUT2D eigenvalue weighted by Crippen LogP contribution is -2.09. The molecule has 0 fully saturated rings. The van der Waals surface area contributed by atoms with Crippen LogP contribution in [0.2, 0.25) is 0 Å². The second-order valence-electron chi connectivity index (χ2n) is 3.80. The highest BCUT2D eigenvalue weighted by atomic mass is 19.1. The second kappa shape index (κ2) is 4.63.